The average Bonchev–Trinajstić information content (AvgIpc) is 3.00. The molecule has 2 atom stereocenters. The topological polar surface area (TPSA) is 95.4 Å². The van der Waals surface area contributed by atoms with Crippen LogP contribution in [0.1, 0.15) is 37.2 Å². The van der Waals surface area contributed by atoms with Crippen LogP contribution < -0.4 is 5.32 Å². The van der Waals surface area contributed by atoms with E-state index in [1.807, 2.05) is 13.8 Å². The monoisotopic (exact) mass is 374 g/mol. The summed E-state index contributed by atoms with van der Waals surface area (Å²) < 4.78 is 0. The number of aryl methyl sites for hydroxylation is 2. The van der Waals surface area contributed by atoms with Gasteiger partial charge in [-0.1, -0.05) is 0 Å². The van der Waals surface area contributed by atoms with Crippen LogP contribution in [0.5, 0.6) is 0 Å². The molecule has 0 unspecified atom stereocenters. The maximum Gasteiger partial charge on any atom is 0.265 e. The van der Waals surface area contributed by atoms with Gasteiger partial charge in [-0.25, -0.2) is 4.98 Å². The Labute approximate surface area is 156 Å². The Hall–Kier alpha value is -2.32. The van der Waals surface area contributed by atoms with E-state index in [4.69, 9.17) is 0 Å². The summed E-state index contributed by atoms with van der Waals surface area (Å²) in [4.78, 5) is 35.9. The fraction of sp³-hybridized carbons (Fsp3) is 0.444. The van der Waals surface area contributed by atoms with Crippen molar-refractivity contribution in [1.82, 2.24) is 20.2 Å². The van der Waals surface area contributed by atoms with E-state index in [0.717, 1.165) is 10.7 Å². The number of aliphatic hydroxyl groups excluding tert-OH is 1. The normalized spacial score (nSPS) is 20.0. The van der Waals surface area contributed by atoms with Crippen molar-refractivity contribution in [1.29, 1.82) is 0 Å². The number of amides is 2. The number of pyridine rings is 1. The van der Waals surface area contributed by atoms with Gasteiger partial charge in [0.1, 0.15) is 4.88 Å². The lowest BCUT2D eigenvalue weighted by Gasteiger charge is -2.38. The van der Waals surface area contributed by atoms with Gasteiger partial charge in [0.2, 0.25) is 0 Å². The van der Waals surface area contributed by atoms with E-state index in [-0.39, 0.29) is 30.4 Å². The molecule has 1 aliphatic heterocycles. The minimum absolute atomic E-state index is 0.0291. The molecule has 2 N–H and O–H groups in total. The summed E-state index contributed by atoms with van der Waals surface area (Å²) in [6, 6.07) is 3.08. The van der Waals surface area contributed by atoms with Crippen LogP contribution in [0.3, 0.4) is 0 Å². The highest BCUT2D eigenvalue weighted by atomic mass is 32.1. The molecule has 1 saturated heterocycles. The Bertz CT molecular complexity index is 793. The van der Waals surface area contributed by atoms with Crippen LogP contribution in [-0.2, 0) is 0 Å². The molecule has 0 saturated carbocycles. The molecule has 3 rings (SSSR count). The second-order valence-corrected chi connectivity index (χ2v) is 7.65. The number of aliphatic hydroxyl groups is 1. The van der Waals surface area contributed by atoms with Crippen LogP contribution in [0.4, 0.5) is 0 Å². The molecule has 0 aliphatic carbocycles. The van der Waals surface area contributed by atoms with Gasteiger partial charge < -0.3 is 15.3 Å². The second-order valence-electron chi connectivity index (χ2n) is 6.45. The minimum atomic E-state index is -0.306. The molecule has 7 nitrogen and oxygen atoms in total. The van der Waals surface area contributed by atoms with Crippen LogP contribution in [0, 0.1) is 19.8 Å². The van der Waals surface area contributed by atoms with Gasteiger partial charge in [0.05, 0.1) is 22.3 Å². The summed E-state index contributed by atoms with van der Waals surface area (Å²) in [6.07, 6.45) is 3.74. The number of aromatic nitrogens is 2. The highest BCUT2D eigenvalue weighted by molar-refractivity contribution is 7.13. The summed E-state index contributed by atoms with van der Waals surface area (Å²) in [5.74, 6) is -0.394. The smallest absolute Gasteiger partial charge is 0.265 e. The van der Waals surface area contributed by atoms with Crippen molar-refractivity contribution in [2.45, 2.75) is 26.3 Å². The minimum Gasteiger partial charge on any atom is -0.396 e. The molecule has 2 aromatic rings. The van der Waals surface area contributed by atoms with Crippen LogP contribution in [0.2, 0.25) is 0 Å². The molecule has 1 fully saturated rings. The molecule has 0 radical (unpaired) electrons. The number of nitrogens with one attached hydrogen (secondary N) is 1. The number of rotatable bonds is 4. The molecule has 138 valence electrons. The van der Waals surface area contributed by atoms with Crippen LogP contribution in [0.15, 0.2) is 24.5 Å². The number of piperidine rings is 1. The van der Waals surface area contributed by atoms with Gasteiger partial charge in [0.15, 0.2) is 0 Å². The highest BCUT2D eigenvalue weighted by Gasteiger charge is 2.33. The van der Waals surface area contributed by atoms with Gasteiger partial charge in [-0.05, 0) is 32.4 Å². The molecular weight excluding hydrogens is 352 g/mol. The first kappa shape index (κ1) is 18.5. The average molecular weight is 374 g/mol. The van der Waals surface area contributed by atoms with E-state index in [1.165, 1.54) is 17.5 Å². The number of likely N-dealkylation sites (tertiary alicyclic amines) is 1. The maximum absolute atomic E-state index is 12.8. The predicted octanol–water partition coefficient (Wildman–Crippen LogP) is 1.41. The van der Waals surface area contributed by atoms with Crippen LogP contribution in [-0.4, -0.2) is 57.5 Å². The molecule has 3 heterocycles. The summed E-state index contributed by atoms with van der Waals surface area (Å²) in [7, 11) is 0. The first-order valence-electron chi connectivity index (χ1n) is 8.54. The van der Waals surface area contributed by atoms with Crippen molar-refractivity contribution in [2.24, 2.45) is 5.92 Å². The van der Waals surface area contributed by atoms with Gasteiger partial charge >= 0.3 is 0 Å². The maximum atomic E-state index is 12.8. The van der Waals surface area contributed by atoms with Gasteiger partial charge in [0.25, 0.3) is 11.8 Å². The van der Waals surface area contributed by atoms with E-state index in [9.17, 15) is 14.7 Å². The lowest BCUT2D eigenvalue weighted by atomic mass is 9.91. The number of nitrogens with zero attached hydrogens (tertiary/aromatic N) is 3. The first-order valence-corrected chi connectivity index (χ1v) is 9.36. The lowest BCUT2D eigenvalue weighted by Crippen LogP contribution is -2.55. The molecule has 0 bridgehead atoms. The van der Waals surface area contributed by atoms with E-state index in [0.29, 0.717) is 30.0 Å². The third-order valence-electron chi connectivity index (χ3n) is 4.62. The summed E-state index contributed by atoms with van der Waals surface area (Å²) >= 11 is 1.39. The molecule has 8 heteroatoms. The quantitative estimate of drug-likeness (QED) is 0.844. The van der Waals surface area contributed by atoms with Gasteiger partial charge in [0, 0.05) is 38.0 Å². The van der Waals surface area contributed by atoms with E-state index < -0.39 is 0 Å². The molecular formula is C18H22N4O3S. The van der Waals surface area contributed by atoms with Gasteiger partial charge in [-0.3, -0.25) is 14.6 Å². The zero-order valence-electron chi connectivity index (χ0n) is 14.8. The van der Waals surface area contributed by atoms with Crippen molar-refractivity contribution in [3.05, 3.63) is 45.7 Å². The summed E-state index contributed by atoms with van der Waals surface area (Å²) in [6.45, 7) is 4.60. The lowest BCUT2D eigenvalue weighted by molar-refractivity contribution is 0.0544. The summed E-state index contributed by atoms with van der Waals surface area (Å²) in [5, 5.41) is 13.5. The fourth-order valence-electron chi connectivity index (χ4n) is 3.19. The highest BCUT2D eigenvalue weighted by Crippen LogP contribution is 2.24. The number of thiazole rings is 1. The number of hydrogen-bond acceptors (Lipinski definition) is 6. The van der Waals surface area contributed by atoms with Crippen molar-refractivity contribution < 1.29 is 14.7 Å². The number of carbonyl (C=O) groups is 2. The van der Waals surface area contributed by atoms with Crippen molar-refractivity contribution in [3.8, 4) is 0 Å². The van der Waals surface area contributed by atoms with Gasteiger partial charge in [-0.15, -0.1) is 11.3 Å². The molecule has 0 aromatic carbocycles. The van der Waals surface area contributed by atoms with Crippen molar-refractivity contribution in [3.63, 3.8) is 0 Å². The zero-order chi connectivity index (χ0) is 18.7. The van der Waals surface area contributed by atoms with Gasteiger partial charge in [-0.2, -0.15) is 0 Å². The Kier molecular flexibility index (Phi) is 5.63. The van der Waals surface area contributed by atoms with E-state index in [1.54, 1.807) is 23.2 Å². The van der Waals surface area contributed by atoms with E-state index >= 15 is 0 Å². The standard InChI is InChI=1S/C18H22N4O3S/c1-11-16(26-12(2)20-11)18(25)22-7-5-14(10-23)15(9-22)21-17(24)13-4-3-6-19-8-13/h3-4,6,8,14-15,23H,5,7,9-10H2,1-2H3,(H,21,24)/t14-,15-/m1/s1. The third-order valence-corrected chi connectivity index (χ3v) is 5.68. The number of hydrogen-bond donors (Lipinski definition) is 2. The summed E-state index contributed by atoms with van der Waals surface area (Å²) in [5.41, 5.74) is 1.19. The molecule has 1 aliphatic rings. The zero-order valence-corrected chi connectivity index (χ0v) is 15.6. The SMILES string of the molecule is Cc1nc(C)c(C(=O)N2CC[C@H](CO)[C@H](NC(=O)c3cccnc3)C2)s1. The Balaban J connectivity index is 1.73. The Morgan fingerprint density at radius 2 is 2.23 bits per heavy atom. The predicted molar refractivity (Wildman–Crippen MR) is 98.2 cm³/mol. The Morgan fingerprint density at radius 3 is 2.85 bits per heavy atom. The molecule has 0 spiro atoms. The second kappa shape index (κ2) is 7.92. The Morgan fingerprint density at radius 1 is 1.42 bits per heavy atom. The largest absolute Gasteiger partial charge is 0.396 e. The van der Waals surface area contributed by atoms with E-state index in [2.05, 4.69) is 15.3 Å². The third kappa shape index (κ3) is 3.91. The molecule has 26 heavy (non-hydrogen) atoms. The molecule has 2 amide bonds. The number of carbonyl (C=O) groups excluding carboxylic acids is 2. The van der Waals surface area contributed by atoms with Crippen LogP contribution in [0.25, 0.3) is 0 Å². The first-order chi connectivity index (χ1) is 12.5. The van der Waals surface area contributed by atoms with Crippen LogP contribution >= 0.6 is 11.3 Å². The van der Waals surface area contributed by atoms with Crippen molar-refractivity contribution >= 4 is 23.2 Å². The molecule has 2 aromatic heterocycles. The van der Waals surface area contributed by atoms with Crippen molar-refractivity contribution in [2.75, 3.05) is 19.7 Å². The fourth-order valence-corrected chi connectivity index (χ4v) is 4.08.